The predicted octanol–water partition coefficient (Wildman–Crippen LogP) is 3.99. The van der Waals surface area contributed by atoms with E-state index in [2.05, 4.69) is 25.8 Å². The molecule has 1 aromatic heterocycles. The van der Waals surface area contributed by atoms with Crippen LogP contribution in [0.2, 0.25) is 0 Å². The first-order valence-corrected chi connectivity index (χ1v) is 5.48. The molecule has 0 bridgehead atoms. The van der Waals surface area contributed by atoms with Gasteiger partial charge in [-0.25, -0.2) is 4.98 Å². The highest BCUT2D eigenvalue weighted by atomic mass is 32.1. The summed E-state index contributed by atoms with van der Waals surface area (Å²) in [4.78, 5) is 5.62. The highest BCUT2D eigenvalue weighted by molar-refractivity contribution is 7.11. The lowest BCUT2D eigenvalue weighted by Crippen LogP contribution is -1.87. The SMILES string of the molecule is CC.CCC(C)c1ncc(C)s1. The average molecular weight is 185 g/mol. The zero-order valence-corrected chi connectivity index (χ0v) is 9.53. The predicted molar refractivity (Wildman–Crippen MR) is 56.9 cm³/mol. The van der Waals surface area contributed by atoms with Crippen molar-refractivity contribution < 1.29 is 0 Å². The summed E-state index contributed by atoms with van der Waals surface area (Å²) >= 11 is 1.81. The van der Waals surface area contributed by atoms with Gasteiger partial charge in [0.05, 0.1) is 5.01 Å². The number of nitrogens with zero attached hydrogens (tertiary/aromatic N) is 1. The van der Waals surface area contributed by atoms with E-state index in [0.29, 0.717) is 5.92 Å². The van der Waals surface area contributed by atoms with Crippen molar-refractivity contribution >= 4 is 11.3 Å². The van der Waals surface area contributed by atoms with Crippen molar-refractivity contribution in [3.8, 4) is 0 Å². The Labute approximate surface area is 79.9 Å². The summed E-state index contributed by atoms with van der Waals surface area (Å²) in [6.45, 7) is 10.5. The van der Waals surface area contributed by atoms with Crippen LogP contribution in [0, 0.1) is 6.92 Å². The van der Waals surface area contributed by atoms with E-state index < -0.39 is 0 Å². The molecule has 1 heterocycles. The molecule has 1 nitrogen and oxygen atoms in total. The molecule has 0 radical (unpaired) electrons. The molecule has 0 spiro atoms. The van der Waals surface area contributed by atoms with Gasteiger partial charge < -0.3 is 0 Å². The third-order valence-electron chi connectivity index (χ3n) is 1.67. The molecule has 0 aliphatic rings. The lowest BCUT2D eigenvalue weighted by Gasteiger charge is -2.00. The summed E-state index contributed by atoms with van der Waals surface area (Å²) in [6.07, 6.45) is 3.14. The van der Waals surface area contributed by atoms with Gasteiger partial charge in [0, 0.05) is 17.0 Å². The average Bonchev–Trinajstić information content (AvgIpc) is 2.54. The monoisotopic (exact) mass is 185 g/mol. The van der Waals surface area contributed by atoms with Crippen LogP contribution < -0.4 is 0 Å². The van der Waals surface area contributed by atoms with Gasteiger partial charge in [-0.05, 0) is 13.3 Å². The molecule has 0 N–H and O–H groups in total. The van der Waals surface area contributed by atoms with Crippen LogP contribution >= 0.6 is 11.3 Å². The Morgan fingerprint density at radius 3 is 2.42 bits per heavy atom. The van der Waals surface area contributed by atoms with E-state index in [1.807, 2.05) is 31.4 Å². The Morgan fingerprint density at radius 1 is 1.50 bits per heavy atom. The minimum atomic E-state index is 0.638. The van der Waals surface area contributed by atoms with Crippen molar-refractivity contribution in [1.29, 1.82) is 0 Å². The fraction of sp³-hybridized carbons (Fsp3) is 0.700. The van der Waals surface area contributed by atoms with E-state index in [4.69, 9.17) is 0 Å². The molecule has 0 aromatic carbocycles. The van der Waals surface area contributed by atoms with E-state index in [-0.39, 0.29) is 0 Å². The van der Waals surface area contributed by atoms with Gasteiger partial charge in [0.15, 0.2) is 0 Å². The van der Waals surface area contributed by atoms with E-state index in [9.17, 15) is 0 Å². The molecule has 2 heteroatoms. The van der Waals surface area contributed by atoms with Crippen molar-refractivity contribution in [2.24, 2.45) is 0 Å². The van der Waals surface area contributed by atoms with Crippen LogP contribution in [0.1, 0.15) is 49.9 Å². The third kappa shape index (κ3) is 3.35. The number of aryl methyl sites for hydroxylation is 1. The summed E-state index contributed by atoms with van der Waals surface area (Å²) < 4.78 is 0. The lowest BCUT2D eigenvalue weighted by atomic mass is 10.1. The van der Waals surface area contributed by atoms with E-state index in [0.717, 1.165) is 0 Å². The van der Waals surface area contributed by atoms with Gasteiger partial charge in [0.1, 0.15) is 0 Å². The van der Waals surface area contributed by atoms with Crippen LogP contribution in [0.15, 0.2) is 6.20 Å². The summed E-state index contributed by atoms with van der Waals surface area (Å²) in [7, 11) is 0. The molecule has 12 heavy (non-hydrogen) atoms. The van der Waals surface area contributed by atoms with Gasteiger partial charge in [-0.15, -0.1) is 11.3 Å². The maximum atomic E-state index is 4.31. The Morgan fingerprint density at radius 2 is 2.08 bits per heavy atom. The van der Waals surface area contributed by atoms with Crippen LogP contribution in [0.3, 0.4) is 0 Å². The summed E-state index contributed by atoms with van der Waals surface area (Å²) in [6, 6.07) is 0. The Bertz CT molecular complexity index is 205. The summed E-state index contributed by atoms with van der Waals surface area (Å²) in [5, 5.41) is 1.28. The minimum Gasteiger partial charge on any atom is -0.249 e. The normalized spacial score (nSPS) is 11.8. The molecule has 1 rings (SSSR count). The fourth-order valence-electron chi connectivity index (χ4n) is 0.775. The van der Waals surface area contributed by atoms with Crippen LogP contribution in [0.4, 0.5) is 0 Å². The van der Waals surface area contributed by atoms with Crippen molar-refractivity contribution in [1.82, 2.24) is 4.98 Å². The first kappa shape index (κ1) is 11.6. The maximum absolute atomic E-state index is 4.31. The van der Waals surface area contributed by atoms with E-state index >= 15 is 0 Å². The molecule has 1 unspecified atom stereocenters. The second kappa shape index (κ2) is 6.18. The van der Waals surface area contributed by atoms with Gasteiger partial charge in [-0.3, -0.25) is 0 Å². The molecule has 70 valence electrons. The van der Waals surface area contributed by atoms with Crippen molar-refractivity contribution in [2.75, 3.05) is 0 Å². The molecule has 0 amide bonds. The lowest BCUT2D eigenvalue weighted by molar-refractivity contribution is 0.726. The minimum absolute atomic E-state index is 0.638. The van der Waals surface area contributed by atoms with Crippen LogP contribution in [0.25, 0.3) is 0 Å². The smallest absolute Gasteiger partial charge is 0.0955 e. The topological polar surface area (TPSA) is 12.9 Å². The molecule has 0 fully saturated rings. The van der Waals surface area contributed by atoms with E-state index in [1.165, 1.54) is 16.3 Å². The molecule has 0 saturated carbocycles. The number of aromatic nitrogens is 1. The van der Waals surface area contributed by atoms with Gasteiger partial charge >= 0.3 is 0 Å². The van der Waals surface area contributed by atoms with Crippen molar-refractivity contribution in [3.63, 3.8) is 0 Å². The highest BCUT2D eigenvalue weighted by Gasteiger charge is 2.05. The van der Waals surface area contributed by atoms with Crippen LogP contribution in [-0.4, -0.2) is 4.98 Å². The third-order valence-corrected chi connectivity index (χ3v) is 2.82. The van der Waals surface area contributed by atoms with Crippen LogP contribution in [-0.2, 0) is 0 Å². The molecular formula is C10H19NS. The fourth-order valence-corrected chi connectivity index (χ4v) is 1.68. The zero-order valence-electron chi connectivity index (χ0n) is 8.72. The molecule has 0 aliphatic heterocycles. The second-order valence-electron chi connectivity index (χ2n) is 2.62. The quantitative estimate of drug-likeness (QED) is 0.679. The standard InChI is InChI=1S/C8H13NS.C2H6/c1-4-6(2)8-9-5-7(3)10-8;1-2/h5-6H,4H2,1-3H3;1-2H3. The number of thiazole rings is 1. The Kier molecular flexibility index (Phi) is 5.99. The van der Waals surface area contributed by atoms with E-state index in [1.54, 1.807) is 0 Å². The maximum Gasteiger partial charge on any atom is 0.0955 e. The van der Waals surface area contributed by atoms with Crippen molar-refractivity contribution in [2.45, 2.75) is 47.0 Å². The first-order valence-electron chi connectivity index (χ1n) is 4.66. The van der Waals surface area contributed by atoms with Gasteiger partial charge in [0.2, 0.25) is 0 Å². The number of hydrogen-bond donors (Lipinski definition) is 0. The van der Waals surface area contributed by atoms with Gasteiger partial charge in [-0.1, -0.05) is 27.7 Å². The molecule has 0 saturated heterocycles. The second-order valence-corrected chi connectivity index (χ2v) is 3.88. The largest absolute Gasteiger partial charge is 0.249 e. The van der Waals surface area contributed by atoms with Gasteiger partial charge in [0.25, 0.3) is 0 Å². The summed E-state index contributed by atoms with van der Waals surface area (Å²) in [5.74, 6) is 0.638. The molecule has 0 aliphatic carbocycles. The molecular weight excluding hydrogens is 166 g/mol. The first-order chi connectivity index (χ1) is 5.74. The van der Waals surface area contributed by atoms with Gasteiger partial charge in [-0.2, -0.15) is 0 Å². The highest BCUT2D eigenvalue weighted by Crippen LogP contribution is 2.22. The zero-order chi connectivity index (χ0) is 9.56. The number of hydrogen-bond acceptors (Lipinski definition) is 2. The van der Waals surface area contributed by atoms with Crippen molar-refractivity contribution in [3.05, 3.63) is 16.1 Å². The molecule has 1 aromatic rings. The van der Waals surface area contributed by atoms with Crippen LogP contribution in [0.5, 0.6) is 0 Å². The number of rotatable bonds is 2. The Hall–Kier alpha value is -0.370. The summed E-state index contributed by atoms with van der Waals surface area (Å²) in [5.41, 5.74) is 0. The Balaban J connectivity index is 0.000000561. The molecule has 1 atom stereocenters.